The van der Waals surface area contributed by atoms with Crippen LogP contribution in [0.2, 0.25) is 0 Å². The van der Waals surface area contributed by atoms with E-state index in [9.17, 15) is 4.79 Å². The van der Waals surface area contributed by atoms with E-state index in [1.165, 1.54) is 41.0 Å². The summed E-state index contributed by atoms with van der Waals surface area (Å²) in [6, 6.07) is 6.40. The molecule has 0 saturated heterocycles. The molecule has 5 rings (SSSR count). The lowest BCUT2D eigenvalue weighted by Gasteiger charge is -2.33. The number of carbonyl (C=O) groups excluding carboxylic acids is 1. The van der Waals surface area contributed by atoms with Crippen molar-refractivity contribution in [3.63, 3.8) is 0 Å². The number of rotatable bonds is 5. The van der Waals surface area contributed by atoms with Gasteiger partial charge in [0.15, 0.2) is 0 Å². The highest BCUT2D eigenvalue weighted by atomic mass is 32.1. The number of hydrogen-bond acceptors (Lipinski definition) is 3. The van der Waals surface area contributed by atoms with Crippen LogP contribution in [0.25, 0.3) is 0 Å². The van der Waals surface area contributed by atoms with E-state index in [0.29, 0.717) is 0 Å². The predicted octanol–water partition coefficient (Wildman–Crippen LogP) is 5.12. The topological polar surface area (TPSA) is 32.3 Å². The summed E-state index contributed by atoms with van der Waals surface area (Å²) < 4.78 is 0. The van der Waals surface area contributed by atoms with E-state index in [2.05, 4.69) is 42.3 Å². The van der Waals surface area contributed by atoms with Crippen molar-refractivity contribution in [3.8, 4) is 0 Å². The summed E-state index contributed by atoms with van der Waals surface area (Å²) in [5.74, 6) is 0.252. The number of amides is 1. The number of unbranched alkanes of at least 4 members (excludes halogenated alkanes) is 1. The van der Waals surface area contributed by atoms with Crippen LogP contribution in [0.3, 0.4) is 0 Å². The number of nitrogens with one attached hydrogen (secondary N) is 1. The highest BCUT2D eigenvalue weighted by Gasteiger charge is 2.48. The zero-order valence-corrected chi connectivity index (χ0v) is 17.9. The van der Waals surface area contributed by atoms with Gasteiger partial charge in [0.2, 0.25) is 5.91 Å². The van der Waals surface area contributed by atoms with Crippen molar-refractivity contribution >= 4 is 22.9 Å². The molecule has 148 valence electrons. The van der Waals surface area contributed by atoms with Crippen molar-refractivity contribution in [2.75, 3.05) is 18.4 Å². The molecule has 1 aromatic heterocycles. The van der Waals surface area contributed by atoms with Gasteiger partial charge in [0.25, 0.3) is 0 Å². The van der Waals surface area contributed by atoms with Gasteiger partial charge in [-0.1, -0.05) is 18.6 Å². The van der Waals surface area contributed by atoms with Crippen molar-refractivity contribution in [1.82, 2.24) is 4.90 Å². The highest BCUT2D eigenvalue weighted by Crippen LogP contribution is 2.49. The van der Waals surface area contributed by atoms with Gasteiger partial charge in [0, 0.05) is 28.5 Å². The monoisotopic (exact) mass is 394 g/mol. The van der Waals surface area contributed by atoms with Gasteiger partial charge >= 0.3 is 0 Å². The van der Waals surface area contributed by atoms with E-state index in [0.717, 1.165) is 50.9 Å². The average molecular weight is 395 g/mol. The molecule has 1 atom stereocenters. The van der Waals surface area contributed by atoms with Crippen LogP contribution in [0.5, 0.6) is 0 Å². The normalized spacial score (nSPS) is 23.4. The quantitative estimate of drug-likeness (QED) is 0.714. The van der Waals surface area contributed by atoms with Crippen LogP contribution in [-0.2, 0) is 29.6 Å². The Morgan fingerprint density at radius 1 is 1.21 bits per heavy atom. The molecule has 0 fully saturated rings. The molecule has 2 aliphatic heterocycles. The number of aryl methyl sites for hydroxylation is 2. The molecule has 2 aromatic rings. The molecule has 1 aromatic carbocycles. The van der Waals surface area contributed by atoms with Crippen molar-refractivity contribution in [1.29, 1.82) is 0 Å². The van der Waals surface area contributed by atoms with Crippen LogP contribution in [0, 0.1) is 13.8 Å². The lowest BCUT2D eigenvalue weighted by atomic mass is 9.68. The van der Waals surface area contributed by atoms with E-state index in [4.69, 9.17) is 0 Å². The fourth-order valence-corrected chi connectivity index (χ4v) is 6.86. The van der Waals surface area contributed by atoms with E-state index in [1.807, 2.05) is 11.3 Å². The molecule has 1 N–H and O–H groups in total. The molecule has 28 heavy (non-hydrogen) atoms. The summed E-state index contributed by atoms with van der Waals surface area (Å²) in [7, 11) is 0. The standard InChI is InChI=1S/C24H30N2OS/c1-16-17(2)28-21-10-14-26(15-19(16)21)13-4-3-11-24-12-6-8-18-7-5-9-20(22(18)24)25-23(24)27/h5,7,9H,3-4,6,8,10-15H2,1-2H3,(H,25,27). The summed E-state index contributed by atoms with van der Waals surface area (Å²) in [6.07, 6.45) is 7.79. The number of nitrogens with zero attached hydrogens (tertiary/aromatic N) is 1. The predicted molar refractivity (Wildman–Crippen MR) is 116 cm³/mol. The molecule has 1 aliphatic carbocycles. The average Bonchev–Trinajstić information content (AvgIpc) is 3.15. The van der Waals surface area contributed by atoms with Gasteiger partial charge in [-0.15, -0.1) is 11.3 Å². The first-order valence-electron chi connectivity index (χ1n) is 10.8. The third kappa shape index (κ3) is 2.84. The maximum Gasteiger partial charge on any atom is 0.235 e. The molecule has 1 amide bonds. The Labute approximate surface area is 172 Å². The maximum absolute atomic E-state index is 12.9. The summed E-state index contributed by atoms with van der Waals surface area (Å²) >= 11 is 2.00. The molecule has 3 heterocycles. The first-order chi connectivity index (χ1) is 13.6. The Hall–Kier alpha value is -1.65. The largest absolute Gasteiger partial charge is 0.325 e. The number of hydrogen-bond donors (Lipinski definition) is 1. The SMILES string of the molecule is Cc1sc2c(c1C)CN(CCCCC13CCCc4cccc(c41)NC3=O)CC2. The molecule has 3 nitrogen and oxygen atoms in total. The molecule has 3 aliphatic rings. The van der Waals surface area contributed by atoms with E-state index < -0.39 is 0 Å². The Balaban J connectivity index is 1.22. The van der Waals surface area contributed by atoms with Crippen LogP contribution in [0.4, 0.5) is 5.69 Å². The Morgan fingerprint density at radius 3 is 3.00 bits per heavy atom. The number of carbonyl (C=O) groups is 1. The minimum absolute atomic E-state index is 0.250. The van der Waals surface area contributed by atoms with Crippen molar-refractivity contribution in [2.24, 2.45) is 0 Å². The van der Waals surface area contributed by atoms with Gasteiger partial charge in [-0.05, 0) is 87.2 Å². The summed E-state index contributed by atoms with van der Waals surface area (Å²) in [4.78, 5) is 18.6. The molecule has 4 heteroatoms. The first kappa shape index (κ1) is 18.4. The second kappa shape index (κ2) is 7.00. The van der Waals surface area contributed by atoms with Crippen LogP contribution in [0.1, 0.15) is 64.1 Å². The molecular formula is C24H30N2OS. The second-order valence-electron chi connectivity index (χ2n) is 8.90. The molecule has 0 spiro atoms. The molecule has 0 radical (unpaired) electrons. The van der Waals surface area contributed by atoms with E-state index in [1.54, 1.807) is 10.4 Å². The minimum Gasteiger partial charge on any atom is -0.325 e. The fourth-order valence-electron chi connectivity index (χ4n) is 5.68. The highest BCUT2D eigenvalue weighted by molar-refractivity contribution is 7.12. The molecule has 0 saturated carbocycles. The third-order valence-corrected chi connectivity index (χ3v) is 8.63. The van der Waals surface area contributed by atoms with Gasteiger partial charge in [-0.3, -0.25) is 9.69 Å². The smallest absolute Gasteiger partial charge is 0.235 e. The van der Waals surface area contributed by atoms with Crippen LogP contribution in [0.15, 0.2) is 18.2 Å². The Kier molecular flexibility index (Phi) is 4.59. The van der Waals surface area contributed by atoms with Crippen LogP contribution >= 0.6 is 11.3 Å². The van der Waals surface area contributed by atoms with E-state index >= 15 is 0 Å². The van der Waals surface area contributed by atoms with Gasteiger partial charge < -0.3 is 5.32 Å². The van der Waals surface area contributed by atoms with Gasteiger partial charge in [0.05, 0.1) is 5.41 Å². The van der Waals surface area contributed by atoms with Crippen molar-refractivity contribution < 1.29 is 4.79 Å². The number of thiophene rings is 1. The van der Waals surface area contributed by atoms with Gasteiger partial charge in [0.1, 0.15) is 0 Å². The first-order valence-corrected chi connectivity index (χ1v) is 11.6. The summed E-state index contributed by atoms with van der Waals surface area (Å²) in [5.41, 5.74) is 6.66. The maximum atomic E-state index is 12.9. The minimum atomic E-state index is -0.250. The summed E-state index contributed by atoms with van der Waals surface area (Å²) in [6.45, 7) is 7.99. The zero-order valence-electron chi connectivity index (χ0n) is 17.1. The van der Waals surface area contributed by atoms with Crippen LogP contribution in [-0.4, -0.2) is 23.9 Å². The number of benzene rings is 1. The Morgan fingerprint density at radius 2 is 2.11 bits per heavy atom. The zero-order chi connectivity index (χ0) is 19.3. The van der Waals surface area contributed by atoms with Crippen LogP contribution < -0.4 is 5.32 Å². The van der Waals surface area contributed by atoms with Gasteiger partial charge in [-0.25, -0.2) is 0 Å². The fraction of sp³-hybridized carbons (Fsp3) is 0.542. The number of fused-ring (bicyclic) bond motifs is 1. The second-order valence-corrected chi connectivity index (χ2v) is 10.2. The molecule has 1 unspecified atom stereocenters. The van der Waals surface area contributed by atoms with E-state index in [-0.39, 0.29) is 11.3 Å². The molecule has 0 bridgehead atoms. The summed E-state index contributed by atoms with van der Waals surface area (Å²) in [5, 5.41) is 3.18. The third-order valence-electron chi connectivity index (χ3n) is 7.32. The lowest BCUT2D eigenvalue weighted by Crippen LogP contribution is -2.37. The Bertz CT molecular complexity index is 931. The lowest BCUT2D eigenvalue weighted by molar-refractivity contribution is -0.121. The van der Waals surface area contributed by atoms with Crippen molar-refractivity contribution in [3.05, 3.63) is 50.2 Å². The van der Waals surface area contributed by atoms with Gasteiger partial charge in [-0.2, -0.15) is 0 Å². The number of anilines is 1. The molecular weight excluding hydrogens is 364 g/mol. The van der Waals surface area contributed by atoms with Crippen molar-refractivity contribution in [2.45, 2.75) is 70.8 Å².